The number of likely N-dealkylation sites (tertiary alicyclic amines) is 1. The monoisotopic (exact) mass is 374 g/mol. The second kappa shape index (κ2) is 10.5. The summed E-state index contributed by atoms with van der Waals surface area (Å²) in [6.07, 6.45) is 7.54. The quantitative estimate of drug-likeness (QED) is 0.437. The largest absolute Gasteiger partial charge is 0.395 e. The molecule has 1 saturated heterocycles. The van der Waals surface area contributed by atoms with Crippen LogP contribution in [0.4, 0.5) is 0 Å². The first-order chi connectivity index (χ1) is 13.0. The highest BCUT2D eigenvalue weighted by Gasteiger charge is 2.51. The molecule has 1 aliphatic rings. The van der Waals surface area contributed by atoms with Crippen LogP contribution in [0.2, 0.25) is 0 Å². The van der Waals surface area contributed by atoms with E-state index in [9.17, 15) is 14.7 Å². The number of aliphatic hydroxyl groups excluding tert-OH is 1. The first-order valence-electron chi connectivity index (χ1n) is 10.3. The maximum atomic E-state index is 12.8. The zero-order valence-electron chi connectivity index (χ0n) is 16.7. The van der Waals surface area contributed by atoms with E-state index in [1.54, 1.807) is 11.8 Å². The lowest BCUT2D eigenvalue weighted by Crippen LogP contribution is -2.67. The number of rotatable bonds is 12. The Labute approximate surface area is 163 Å². The Balaban J connectivity index is 1.90. The smallest absolute Gasteiger partial charge is 0.243 e. The zero-order chi connectivity index (χ0) is 19.7. The first kappa shape index (κ1) is 21.4. The number of carbonyl (C=O) groups is 2. The molecule has 2 amide bonds. The van der Waals surface area contributed by atoms with Crippen molar-refractivity contribution in [3.05, 3.63) is 35.9 Å². The number of hydrogen-bond donors (Lipinski definition) is 2. The lowest BCUT2D eigenvalue weighted by molar-refractivity contribution is -0.169. The maximum Gasteiger partial charge on any atom is 0.243 e. The summed E-state index contributed by atoms with van der Waals surface area (Å²) in [5, 5.41) is 12.5. The van der Waals surface area contributed by atoms with Crippen LogP contribution in [0, 0.1) is 5.41 Å². The van der Waals surface area contributed by atoms with Gasteiger partial charge >= 0.3 is 0 Å². The Kier molecular flexibility index (Phi) is 8.29. The highest BCUT2D eigenvalue weighted by molar-refractivity contribution is 5.94. The third kappa shape index (κ3) is 5.80. The molecule has 0 bridgehead atoms. The number of β-lactam (4-membered cyclic amide) rings is 1. The molecule has 5 heteroatoms. The fourth-order valence-electron chi connectivity index (χ4n) is 3.56. The van der Waals surface area contributed by atoms with Crippen molar-refractivity contribution in [1.82, 2.24) is 10.2 Å². The minimum absolute atomic E-state index is 0.0965. The van der Waals surface area contributed by atoms with Gasteiger partial charge in [-0.2, -0.15) is 0 Å². The molecule has 1 fully saturated rings. The molecule has 2 N–H and O–H groups in total. The van der Waals surface area contributed by atoms with E-state index in [0.29, 0.717) is 19.5 Å². The van der Waals surface area contributed by atoms with E-state index in [1.807, 2.05) is 30.3 Å². The number of aliphatic hydroxyl groups is 1. The Morgan fingerprint density at radius 1 is 1.19 bits per heavy atom. The zero-order valence-corrected chi connectivity index (χ0v) is 16.7. The van der Waals surface area contributed by atoms with E-state index in [4.69, 9.17) is 0 Å². The summed E-state index contributed by atoms with van der Waals surface area (Å²) in [7, 11) is 0. The van der Waals surface area contributed by atoms with Crippen LogP contribution in [0.1, 0.15) is 57.9 Å². The lowest BCUT2D eigenvalue weighted by Gasteiger charge is -2.49. The molecule has 1 aromatic rings. The molecule has 1 heterocycles. The summed E-state index contributed by atoms with van der Waals surface area (Å²) in [5.41, 5.74) is 0.289. The van der Waals surface area contributed by atoms with Gasteiger partial charge in [-0.3, -0.25) is 9.59 Å². The van der Waals surface area contributed by atoms with Gasteiger partial charge in [-0.15, -0.1) is 0 Å². The van der Waals surface area contributed by atoms with Crippen LogP contribution >= 0.6 is 0 Å². The molecule has 27 heavy (non-hydrogen) atoms. The van der Waals surface area contributed by atoms with Crippen LogP contribution < -0.4 is 5.32 Å². The average molecular weight is 375 g/mol. The van der Waals surface area contributed by atoms with Crippen LogP contribution in [-0.2, 0) is 16.0 Å². The highest BCUT2D eigenvalue weighted by Crippen LogP contribution is 2.33. The van der Waals surface area contributed by atoms with E-state index >= 15 is 0 Å². The molecule has 0 aliphatic carbocycles. The molecular formula is C22H34N2O3. The summed E-state index contributed by atoms with van der Waals surface area (Å²) in [4.78, 5) is 26.9. The van der Waals surface area contributed by atoms with Crippen molar-refractivity contribution in [2.24, 2.45) is 5.41 Å². The van der Waals surface area contributed by atoms with Gasteiger partial charge in [0.05, 0.1) is 12.0 Å². The van der Waals surface area contributed by atoms with Crippen molar-refractivity contribution in [3.63, 3.8) is 0 Å². The van der Waals surface area contributed by atoms with Crippen molar-refractivity contribution >= 4 is 11.8 Å². The van der Waals surface area contributed by atoms with Crippen LogP contribution in [-0.4, -0.2) is 47.6 Å². The number of benzene rings is 1. The molecule has 1 aliphatic heterocycles. The van der Waals surface area contributed by atoms with Gasteiger partial charge < -0.3 is 15.3 Å². The molecule has 2 atom stereocenters. The van der Waals surface area contributed by atoms with Gasteiger partial charge in [-0.05, 0) is 18.9 Å². The molecule has 0 spiro atoms. The normalized spacial score (nSPS) is 20.3. The summed E-state index contributed by atoms with van der Waals surface area (Å²) in [6, 6.07) is 9.26. The lowest BCUT2D eigenvalue weighted by atomic mass is 9.79. The van der Waals surface area contributed by atoms with E-state index in [1.165, 1.54) is 25.7 Å². The minimum Gasteiger partial charge on any atom is -0.395 e. The number of amides is 2. The fourth-order valence-corrected chi connectivity index (χ4v) is 3.56. The van der Waals surface area contributed by atoms with Crippen molar-refractivity contribution < 1.29 is 14.7 Å². The number of hydrogen-bond acceptors (Lipinski definition) is 3. The van der Waals surface area contributed by atoms with Gasteiger partial charge in [-0.1, -0.05) is 69.4 Å². The summed E-state index contributed by atoms with van der Waals surface area (Å²) < 4.78 is 0. The van der Waals surface area contributed by atoms with Crippen molar-refractivity contribution in [3.8, 4) is 0 Å². The molecule has 1 aromatic carbocycles. The minimum atomic E-state index is -0.742. The Morgan fingerprint density at radius 3 is 2.48 bits per heavy atom. The van der Waals surface area contributed by atoms with E-state index < -0.39 is 11.5 Å². The van der Waals surface area contributed by atoms with Crippen LogP contribution in [0.15, 0.2) is 30.3 Å². The van der Waals surface area contributed by atoms with Crippen molar-refractivity contribution in [2.45, 2.75) is 64.8 Å². The molecule has 2 unspecified atom stereocenters. The number of nitrogens with one attached hydrogen (secondary N) is 1. The van der Waals surface area contributed by atoms with Gasteiger partial charge in [0, 0.05) is 19.5 Å². The average Bonchev–Trinajstić information content (AvgIpc) is 2.70. The van der Waals surface area contributed by atoms with Crippen LogP contribution in [0.3, 0.4) is 0 Å². The van der Waals surface area contributed by atoms with Gasteiger partial charge in [0.25, 0.3) is 0 Å². The first-order valence-corrected chi connectivity index (χ1v) is 10.3. The molecule has 2 rings (SSSR count). The van der Waals surface area contributed by atoms with Crippen molar-refractivity contribution in [1.29, 1.82) is 0 Å². The standard InChI is InChI=1S/C22H34N2O3/c1-3-4-5-6-7-11-14-23-20(26)19(15-18-12-9-8-10-13-18)24-16-22(2,17-25)21(24)27/h8-10,12-13,19,25H,3-7,11,14-17H2,1-2H3,(H,23,26). The number of carbonyl (C=O) groups excluding carboxylic acids is 2. The topological polar surface area (TPSA) is 69.6 Å². The van der Waals surface area contributed by atoms with E-state index in [-0.39, 0.29) is 18.4 Å². The van der Waals surface area contributed by atoms with Gasteiger partial charge in [0.15, 0.2) is 0 Å². The number of nitrogens with zero attached hydrogens (tertiary/aromatic N) is 1. The second-order valence-corrected chi connectivity index (χ2v) is 7.92. The third-order valence-electron chi connectivity index (χ3n) is 5.43. The summed E-state index contributed by atoms with van der Waals surface area (Å²) >= 11 is 0. The van der Waals surface area contributed by atoms with Gasteiger partial charge in [0.1, 0.15) is 6.04 Å². The predicted octanol–water partition coefficient (Wildman–Crippen LogP) is 2.92. The van der Waals surface area contributed by atoms with Crippen LogP contribution in [0.25, 0.3) is 0 Å². The predicted molar refractivity (Wildman–Crippen MR) is 107 cm³/mol. The third-order valence-corrected chi connectivity index (χ3v) is 5.43. The van der Waals surface area contributed by atoms with Gasteiger partial charge in [-0.25, -0.2) is 0 Å². The maximum absolute atomic E-state index is 12.8. The van der Waals surface area contributed by atoms with Crippen molar-refractivity contribution in [2.75, 3.05) is 19.7 Å². The Hall–Kier alpha value is -1.88. The molecule has 150 valence electrons. The molecule has 0 radical (unpaired) electrons. The van der Waals surface area contributed by atoms with Crippen LogP contribution in [0.5, 0.6) is 0 Å². The molecule has 5 nitrogen and oxygen atoms in total. The van der Waals surface area contributed by atoms with E-state index in [0.717, 1.165) is 18.4 Å². The second-order valence-electron chi connectivity index (χ2n) is 7.92. The Bertz CT molecular complexity index is 605. The van der Waals surface area contributed by atoms with E-state index in [2.05, 4.69) is 12.2 Å². The number of unbranched alkanes of at least 4 members (excludes halogenated alkanes) is 5. The summed E-state index contributed by atoms with van der Waals surface area (Å²) in [6.45, 7) is 4.84. The molecule has 0 saturated carbocycles. The Morgan fingerprint density at radius 2 is 1.85 bits per heavy atom. The fraction of sp³-hybridized carbons (Fsp3) is 0.636. The highest BCUT2D eigenvalue weighted by atomic mass is 16.3. The molecule has 0 aromatic heterocycles. The molecular weight excluding hydrogens is 340 g/mol. The van der Waals surface area contributed by atoms with Gasteiger partial charge in [0.2, 0.25) is 11.8 Å². The SMILES string of the molecule is CCCCCCCCNC(=O)C(Cc1ccccc1)N1CC(C)(CO)C1=O. The summed E-state index contributed by atoms with van der Waals surface area (Å²) in [5.74, 6) is -0.235.